The van der Waals surface area contributed by atoms with Gasteiger partial charge in [0.1, 0.15) is 5.82 Å². The molecule has 1 spiro atoms. The summed E-state index contributed by atoms with van der Waals surface area (Å²) in [5.41, 5.74) is 0.801. The van der Waals surface area contributed by atoms with E-state index in [0.29, 0.717) is 17.3 Å². The molecular weight excluding hydrogens is 265 g/mol. The molecule has 1 aromatic carbocycles. The van der Waals surface area contributed by atoms with Crippen LogP contribution in [-0.2, 0) is 4.74 Å². The zero-order valence-electron chi connectivity index (χ0n) is 10.9. The summed E-state index contributed by atoms with van der Waals surface area (Å²) in [5, 5.41) is 3.76. The molecule has 2 aliphatic rings. The number of halogens is 2. The van der Waals surface area contributed by atoms with E-state index >= 15 is 0 Å². The first-order chi connectivity index (χ1) is 9.17. The Morgan fingerprint density at radius 1 is 1.32 bits per heavy atom. The molecule has 0 amide bonds. The van der Waals surface area contributed by atoms with Gasteiger partial charge in [-0.15, -0.1) is 0 Å². The first-order valence-corrected chi connectivity index (χ1v) is 7.41. The van der Waals surface area contributed by atoms with Crippen LogP contribution in [0.3, 0.4) is 0 Å². The second-order valence-electron chi connectivity index (χ2n) is 5.67. The number of anilines is 1. The number of hydrogen-bond donors (Lipinski definition) is 1. The van der Waals surface area contributed by atoms with E-state index in [1.54, 1.807) is 6.07 Å². The van der Waals surface area contributed by atoms with Crippen LogP contribution in [0.5, 0.6) is 0 Å². The first-order valence-electron chi connectivity index (χ1n) is 7.04. The van der Waals surface area contributed by atoms with Gasteiger partial charge in [-0.05, 0) is 43.9 Å². The van der Waals surface area contributed by atoms with Crippen molar-refractivity contribution in [2.75, 3.05) is 11.9 Å². The van der Waals surface area contributed by atoms with Gasteiger partial charge in [-0.3, -0.25) is 0 Å². The zero-order valence-corrected chi connectivity index (χ0v) is 11.7. The molecule has 0 aromatic heterocycles. The van der Waals surface area contributed by atoms with Gasteiger partial charge in [-0.25, -0.2) is 4.39 Å². The molecule has 0 radical (unpaired) electrons. The standard InChI is InChI=1S/C15H19ClFNO/c16-13-4-3-11(17)9-14(13)18-10-12-5-8-15(19-12)6-1-2-7-15/h3-4,9,12,18H,1-2,5-8,10H2. The fourth-order valence-electron chi connectivity index (χ4n) is 3.28. The van der Waals surface area contributed by atoms with Gasteiger partial charge in [-0.1, -0.05) is 24.4 Å². The molecule has 3 rings (SSSR count). The molecular formula is C15H19ClFNO. The molecule has 0 bridgehead atoms. The summed E-state index contributed by atoms with van der Waals surface area (Å²) < 4.78 is 19.4. The molecule has 2 fully saturated rings. The molecule has 1 aliphatic carbocycles. The predicted molar refractivity (Wildman–Crippen MR) is 75.2 cm³/mol. The van der Waals surface area contributed by atoms with Gasteiger partial charge in [-0.2, -0.15) is 0 Å². The highest BCUT2D eigenvalue weighted by Gasteiger charge is 2.41. The summed E-state index contributed by atoms with van der Waals surface area (Å²) in [6.45, 7) is 0.699. The van der Waals surface area contributed by atoms with E-state index in [1.807, 2.05) is 0 Å². The number of rotatable bonds is 3. The Kier molecular flexibility index (Phi) is 3.68. The van der Waals surface area contributed by atoms with Crippen LogP contribution < -0.4 is 5.32 Å². The molecule has 1 aromatic rings. The number of benzene rings is 1. The Balaban J connectivity index is 1.57. The largest absolute Gasteiger partial charge is 0.381 e. The van der Waals surface area contributed by atoms with Crippen molar-refractivity contribution in [1.82, 2.24) is 0 Å². The Labute approximate surface area is 118 Å². The molecule has 19 heavy (non-hydrogen) atoms. The maximum absolute atomic E-state index is 13.2. The average Bonchev–Trinajstić information content (AvgIpc) is 3.02. The van der Waals surface area contributed by atoms with E-state index in [1.165, 1.54) is 37.8 Å². The molecule has 1 saturated heterocycles. The van der Waals surface area contributed by atoms with Crippen molar-refractivity contribution in [3.63, 3.8) is 0 Å². The number of ether oxygens (including phenoxy) is 1. The van der Waals surface area contributed by atoms with Gasteiger partial charge in [0.25, 0.3) is 0 Å². The first kappa shape index (κ1) is 13.2. The SMILES string of the molecule is Fc1ccc(Cl)c(NCC2CCC3(CCCC3)O2)c1. The maximum atomic E-state index is 13.2. The molecule has 104 valence electrons. The van der Waals surface area contributed by atoms with Crippen molar-refractivity contribution in [3.05, 3.63) is 29.0 Å². The van der Waals surface area contributed by atoms with Crippen molar-refractivity contribution in [3.8, 4) is 0 Å². The highest BCUT2D eigenvalue weighted by atomic mass is 35.5. The summed E-state index contributed by atoms with van der Waals surface area (Å²) in [4.78, 5) is 0. The van der Waals surface area contributed by atoms with Crippen LogP contribution in [0.25, 0.3) is 0 Å². The van der Waals surface area contributed by atoms with Crippen LogP contribution in [0.1, 0.15) is 38.5 Å². The fraction of sp³-hybridized carbons (Fsp3) is 0.600. The van der Waals surface area contributed by atoms with Crippen LogP contribution >= 0.6 is 11.6 Å². The van der Waals surface area contributed by atoms with Gasteiger partial charge in [0.15, 0.2) is 0 Å². The quantitative estimate of drug-likeness (QED) is 0.889. The normalized spacial score (nSPS) is 25.1. The van der Waals surface area contributed by atoms with Gasteiger partial charge in [0, 0.05) is 6.54 Å². The van der Waals surface area contributed by atoms with Crippen LogP contribution in [0, 0.1) is 5.82 Å². The monoisotopic (exact) mass is 283 g/mol. The average molecular weight is 284 g/mol. The van der Waals surface area contributed by atoms with E-state index in [-0.39, 0.29) is 17.5 Å². The second kappa shape index (κ2) is 5.29. The highest BCUT2D eigenvalue weighted by molar-refractivity contribution is 6.33. The lowest BCUT2D eigenvalue weighted by Gasteiger charge is -2.24. The Morgan fingerprint density at radius 2 is 2.11 bits per heavy atom. The predicted octanol–water partition coefficient (Wildman–Crippen LogP) is 4.38. The van der Waals surface area contributed by atoms with E-state index < -0.39 is 0 Å². The third-order valence-electron chi connectivity index (χ3n) is 4.30. The summed E-state index contributed by atoms with van der Waals surface area (Å²) >= 11 is 6.03. The third-order valence-corrected chi connectivity index (χ3v) is 4.63. The number of nitrogens with one attached hydrogen (secondary N) is 1. The molecule has 1 unspecified atom stereocenters. The maximum Gasteiger partial charge on any atom is 0.125 e. The van der Waals surface area contributed by atoms with E-state index in [9.17, 15) is 4.39 Å². The highest BCUT2D eigenvalue weighted by Crippen LogP contribution is 2.43. The Bertz CT molecular complexity index is 459. The van der Waals surface area contributed by atoms with E-state index in [2.05, 4.69) is 5.32 Å². The van der Waals surface area contributed by atoms with Crippen LogP contribution in [0.15, 0.2) is 18.2 Å². The lowest BCUT2D eigenvalue weighted by Crippen LogP contribution is -2.27. The van der Waals surface area contributed by atoms with E-state index in [0.717, 1.165) is 12.8 Å². The van der Waals surface area contributed by atoms with Gasteiger partial charge in [0.2, 0.25) is 0 Å². The van der Waals surface area contributed by atoms with E-state index in [4.69, 9.17) is 16.3 Å². The van der Waals surface area contributed by atoms with Crippen molar-refractivity contribution >= 4 is 17.3 Å². The number of hydrogen-bond acceptors (Lipinski definition) is 2. The Hall–Kier alpha value is -0.800. The topological polar surface area (TPSA) is 21.3 Å². The fourth-order valence-corrected chi connectivity index (χ4v) is 3.47. The third kappa shape index (κ3) is 2.87. The minimum atomic E-state index is -0.272. The molecule has 1 heterocycles. The molecule has 4 heteroatoms. The lowest BCUT2D eigenvalue weighted by molar-refractivity contribution is -0.0307. The molecule has 1 aliphatic heterocycles. The molecule has 1 saturated carbocycles. The minimum Gasteiger partial charge on any atom is -0.381 e. The van der Waals surface area contributed by atoms with Crippen LogP contribution in [0.2, 0.25) is 5.02 Å². The Morgan fingerprint density at radius 3 is 2.89 bits per heavy atom. The minimum absolute atomic E-state index is 0.151. The van der Waals surface area contributed by atoms with Crippen LogP contribution in [0.4, 0.5) is 10.1 Å². The van der Waals surface area contributed by atoms with Gasteiger partial charge < -0.3 is 10.1 Å². The van der Waals surface area contributed by atoms with Crippen molar-refractivity contribution in [1.29, 1.82) is 0 Å². The molecule has 1 atom stereocenters. The van der Waals surface area contributed by atoms with Gasteiger partial charge >= 0.3 is 0 Å². The summed E-state index contributed by atoms with van der Waals surface area (Å²) in [5.74, 6) is -0.272. The van der Waals surface area contributed by atoms with Crippen molar-refractivity contribution in [2.45, 2.75) is 50.2 Å². The van der Waals surface area contributed by atoms with Gasteiger partial charge in [0.05, 0.1) is 22.4 Å². The lowest BCUT2D eigenvalue weighted by atomic mass is 9.98. The van der Waals surface area contributed by atoms with Crippen molar-refractivity contribution in [2.24, 2.45) is 0 Å². The summed E-state index contributed by atoms with van der Waals surface area (Å²) in [7, 11) is 0. The smallest absolute Gasteiger partial charge is 0.125 e. The molecule has 2 nitrogen and oxygen atoms in total. The van der Waals surface area contributed by atoms with Crippen molar-refractivity contribution < 1.29 is 9.13 Å². The zero-order chi connectivity index (χ0) is 13.3. The second-order valence-corrected chi connectivity index (χ2v) is 6.08. The summed E-state index contributed by atoms with van der Waals surface area (Å²) in [6.07, 6.45) is 7.44. The molecule has 1 N–H and O–H groups in total. The van der Waals surface area contributed by atoms with Crippen LogP contribution in [-0.4, -0.2) is 18.2 Å². The summed E-state index contributed by atoms with van der Waals surface area (Å²) in [6, 6.07) is 4.38.